The van der Waals surface area contributed by atoms with Crippen molar-refractivity contribution in [3.63, 3.8) is 0 Å². The van der Waals surface area contributed by atoms with Crippen molar-refractivity contribution in [1.82, 2.24) is 5.32 Å². The lowest BCUT2D eigenvalue weighted by atomic mass is 9.63. The molecule has 3 atom stereocenters. The van der Waals surface area contributed by atoms with Crippen LogP contribution in [0.5, 0.6) is 0 Å². The van der Waals surface area contributed by atoms with Gasteiger partial charge >= 0.3 is 13.1 Å². The Hall–Kier alpha value is -2.08. The van der Waals surface area contributed by atoms with Crippen molar-refractivity contribution in [3.8, 4) is 0 Å². The van der Waals surface area contributed by atoms with Crippen LogP contribution >= 0.6 is 35.0 Å². The number of carboxylic acids is 1. The van der Waals surface area contributed by atoms with Crippen LogP contribution in [-0.2, 0) is 28.5 Å². The molecule has 37 heavy (non-hydrogen) atoms. The minimum Gasteiger partial charge on any atom is -0.509 e. The molecule has 0 aromatic heterocycles. The first-order valence-corrected chi connectivity index (χ1v) is 13.8. The van der Waals surface area contributed by atoms with Gasteiger partial charge in [0.25, 0.3) is 11.9 Å². The van der Waals surface area contributed by atoms with E-state index in [2.05, 4.69) is 5.32 Å². The number of Topliss-reactive ketones (excluding diaryl/α,β-unsaturated/α-hetero) is 2. The SMILES string of the molecule is CSC[C@H](NC(=O)c1cc(Cl)ccc1Cl)C(=O)C[C@@H](CC(C)C)B1OC(=O)CC(CC(C)=O)(C(=O)O)O1. The first-order valence-electron chi connectivity index (χ1n) is 11.7. The van der Waals surface area contributed by atoms with Crippen LogP contribution < -0.4 is 5.32 Å². The number of ketones is 2. The second kappa shape index (κ2) is 13.6. The predicted molar refractivity (Wildman–Crippen MR) is 142 cm³/mol. The molecule has 0 radical (unpaired) electrons. The zero-order valence-corrected chi connectivity index (χ0v) is 23.4. The van der Waals surface area contributed by atoms with Gasteiger partial charge in [-0.3, -0.25) is 19.2 Å². The number of carbonyl (C=O) groups excluding carboxylic acids is 4. The Labute approximate surface area is 230 Å². The van der Waals surface area contributed by atoms with Gasteiger partial charge in [-0.25, -0.2) is 4.79 Å². The first kappa shape index (κ1) is 31.1. The summed E-state index contributed by atoms with van der Waals surface area (Å²) >= 11 is 13.5. The van der Waals surface area contributed by atoms with Gasteiger partial charge in [-0.1, -0.05) is 37.0 Å². The van der Waals surface area contributed by atoms with Crippen LogP contribution in [-0.4, -0.2) is 65.3 Å². The molecule has 0 saturated carbocycles. The van der Waals surface area contributed by atoms with Gasteiger partial charge in [0.05, 0.1) is 23.0 Å². The summed E-state index contributed by atoms with van der Waals surface area (Å²) < 4.78 is 11.1. The Morgan fingerprint density at radius 2 is 1.92 bits per heavy atom. The highest BCUT2D eigenvalue weighted by Crippen LogP contribution is 2.36. The summed E-state index contributed by atoms with van der Waals surface area (Å²) in [4.78, 5) is 62.5. The standard InChI is InChI=1S/C24H30BCl2NO8S/c1-13(2)7-15(25-35-21(31)11-24(36-25,23(33)34)10-14(3)29)8-20(30)19(12-37-4)28-22(32)17-9-16(26)5-6-18(17)27/h5-6,9,13,15,19H,7-8,10-12H2,1-4H3,(H,28,32)(H,33,34)/t15-,19+,24?/m1/s1. The van der Waals surface area contributed by atoms with Gasteiger partial charge in [-0.2, -0.15) is 11.8 Å². The maximum Gasteiger partial charge on any atom is 0.531 e. The minimum absolute atomic E-state index is 0.0351. The monoisotopic (exact) mass is 573 g/mol. The zero-order chi connectivity index (χ0) is 27.9. The van der Waals surface area contributed by atoms with E-state index in [4.69, 9.17) is 32.5 Å². The van der Waals surface area contributed by atoms with Gasteiger partial charge in [-0.05, 0) is 43.7 Å². The number of amides is 1. The number of halogens is 2. The number of nitrogens with one attached hydrogen (secondary N) is 1. The second-order valence-corrected chi connectivity index (χ2v) is 11.3. The maximum atomic E-state index is 13.4. The molecule has 0 bridgehead atoms. The van der Waals surface area contributed by atoms with Gasteiger partial charge in [0.2, 0.25) is 0 Å². The maximum absolute atomic E-state index is 13.4. The third-order valence-corrected chi connectivity index (χ3v) is 7.00. The van der Waals surface area contributed by atoms with Gasteiger partial charge in [0.15, 0.2) is 11.4 Å². The Morgan fingerprint density at radius 3 is 2.49 bits per heavy atom. The molecule has 1 aliphatic rings. The minimum atomic E-state index is -2.07. The van der Waals surface area contributed by atoms with E-state index in [1.54, 1.807) is 6.26 Å². The highest BCUT2D eigenvalue weighted by atomic mass is 35.5. The molecule has 0 spiro atoms. The summed E-state index contributed by atoms with van der Waals surface area (Å²) in [6.45, 7) is 4.99. The summed E-state index contributed by atoms with van der Waals surface area (Å²) in [7, 11) is -1.35. The van der Waals surface area contributed by atoms with Crippen LogP contribution in [0.15, 0.2) is 18.2 Å². The third-order valence-electron chi connectivity index (χ3n) is 5.77. The van der Waals surface area contributed by atoms with Crippen LogP contribution in [0.4, 0.5) is 0 Å². The molecule has 1 saturated heterocycles. The number of thioether (sulfide) groups is 1. The van der Waals surface area contributed by atoms with Gasteiger partial charge in [0.1, 0.15) is 5.78 Å². The summed E-state index contributed by atoms with van der Waals surface area (Å²) in [6.07, 6.45) is 0.841. The fourth-order valence-electron chi connectivity index (χ4n) is 4.18. The molecular weight excluding hydrogens is 544 g/mol. The number of benzene rings is 1. The average molecular weight is 574 g/mol. The molecule has 202 valence electrons. The predicted octanol–water partition coefficient (Wildman–Crippen LogP) is 4.08. The topological polar surface area (TPSA) is 136 Å². The van der Waals surface area contributed by atoms with Crippen molar-refractivity contribution in [2.45, 2.75) is 63.9 Å². The van der Waals surface area contributed by atoms with E-state index in [0.717, 1.165) is 0 Å². The summed E-state index contributed by atoms with van der Waals surface area (Å²) in [5.41, 5.74) is -1.95. The normalized spacial score (nSPS) is 19.2. The Morgan fingerprint density at radius 1 is 1.24 bits per heavy atom. The van der Waals surface area contributed by atoms with Crippen LogP contribution in [0.3, 0.4) is 0 Å². The van der Waals surface area contributed by atoms with E-state index in [-0.39, 0.29) is 34.5 Å². The molecule has 1 aromatic carbocycles. The number of carboxylic acid groups (broad SMARTS) is 1. The van der Waals surface area contributed by atoms with Crippen molar-refractivity contribution < 1.29 is 38.4 Å². The Kier molecular flexibility index (Phi) is 11.5. The Bertz CT molecular complexity index is 1050. The average Bonchev–Trinajstić information content (AvgIpc) is 2.78. The smallest absolute Gasteiger partial charge is 0.509 e. The van der Waals surface area contributed by atoms with E-state index < -0.39 is 61.0 Å². The largest absolute Gasteiger partial charge is 0.531 e. The number of hydrogen-bond acceptors (Lipinski definition) is 8. The van der Waals surface area contributed by atoms with Crippen LogP contribution in [0.2, 0.25) is 15.9 Å². The fourth-order valence-corrected chi connectivity index (χ4v) is 5.16. The lowest BCUT2D eigenvalue weighted by Crippen LogP contribution is -2.56. The molecule has 2 rings (SSSR count). The molecule has 1 amide bonds. The highest BCUT2D eigenvalue weighted by molar-refractivity contribution is 7.98. The van der Waals surface area contributed by atoms with E-state index >= 15 is 0 Å². The summed E-state index contributed by atoms with van der Waals surface area (Å²) in [5.74, 6) is -4.10. The van der Waals surface area contributed by atoms with Crippen molar-refractivity contribution in [3.05, 3.63) is 33.8 Å². The van der Waals surface area contributed by atoms with E-state index in [1.807, 2.05) is 13.8 Å². The van der Waals surface area contributed by atoms with E-state index in [1.165, 1.54) is 36.9 Å². The molecule has 2 N–H and O–H groups in total. The van der Waals surface area contributed by atoms with E-state index in [0.29, 0.717) is 11.4 Å². The number of carbonyl (C=O) groups is 5. The molecule has 1 aromatic rings. The molecule has 0 aliphatic carbocycles. The van der Waals surface area contributed by atoms with Gasteiger partial charge in [0, 0.05) is 29.4 Å². The van der Waals surface area contributed by atoms with Crippen LogP contribution in [0, 0.1) is 5.92 Å². The Balaban J connectivity index is 2.29. The fraction of sp³-hybridized carbons (Fsp3) is 0.542. The lowest BCUT2D eigenvalue weighted by Gasteiger charge is -2.38. The molecule has 13 heteroatoms. The van der Waals surface area contributed by atoms with Gasteiger partial charge < -0.3 is 19.7 Å². The first-order chi connectivity index (χ1) is 17.3. The summed E-state index contributed by atoms with van der Waals surface area (Å²) in [5, 5.41) is 13.0. The van der Waals surface area contributed by atoms with E-state index in [9.17, 15) is 29.1 Å². The number of hydrogen-bond donors (Lipinski definition) is 2. The quantitative estimate of drug-likeness (QED) is 0.334. The molecule has 9 nitrogen and oxygen atoms in total. The zero-order valence-electron chi connectivity index (χ0n) is 21.0. The third kappa shape index (κ3) is 8.73. The van der Waals surface area contributed by atoms with Crippen LogP contribution in [0.1, 0.15) is 56.8 Å². The van der Waals surface area contributed by atoms with Crippen LogP contribution in [0.25, 0.3) is 0 Å². The van der Waals surface area contributed by atoms with Crippen molar-refractivity contribution in [2.75, 3.05) is 12.0 Å². The molecule has 1 aliphatic heterocycles. The molecular formula is C24H30BCl2NO8S. The number of aliphatic carboxylic acids is 1. The second-order valence-electron chi connectivity index (χ2n) is 9.50. The van der Waals surface area contributed by atoms with Crippen molar-refractivity contribution in [2.24, 2.45) is 5.92 Å². The molecule has 1 fully saturated rings. The molecule has 1 heterocycles. The van der Waals surface area contributed by atoms with Crippen molar-refractivity contribution >= 4 is 71.5 Å². The highest BCUT2D eigenvalue weighted by Gasteiger charge is 2.54. The van der Waals surface area contributed by atoms with Crippen molar-refractivity contribution in [1.29, 1.82) is 0 Å². The summed E-state index contributed by atoms with van der Waals surface area (Å²) in [6, 6.07) is 3.51. The number of rotatable bonds is 13. The van der Waals surface area contributed by atoms with Gasteiger partial charge in [-0.15, -0.1) is 0 Å². The molecule has 1 unspecified atom stereocenters. The lowest BCUT2D eigenvalue weighted by molar-refractivity contribution is -0.172.